The summed E-state index contributed by atoms with van der Waals surface area (Å²) in [5.41, 5.74) is 6.03. The van der Waals surface area contributed by atoms with Crippen molar-refractivity contribution >= 4 is 45.9 Å². The molecule has 8 nitrogen and oxygen atoms in total. The molecule has 1 fully saturated rings. The Balaban J connectivity index is 1.17. The number of aliphatic imine (C=N–C) groups is 1. The van der Waals surface area contributed by atoms with Crippen LogP contribution in [0.4, 0.5) is 17.1 Å². The lowest BCUT2D eigenvalue weighted by Crippen LogP contribution is -2.44. The third-order valence-electron chi connectivity index (χ3n) is 7.91. The average molecular weight is 572 g/mol. The molecule has 0 aliphatic carbocycles. The highest BCUT2D eigenvalue weighted by atomic mass is 16.3. The largest absolute Gasteiger partial charge is 0.494 e. The molecule has 0 spiro atoms. The predicted molar refractivity (Wildman–Crippen MR) is 172 cm³/mol. The van der Waals surface area contributed by atoms with Crippen molar-refractivity contribution in [2.75, 3.05) is 43.4 Å². The maximum absolute atomic E-state index is 13.4. The van der Waals surface area contributed by atoms with E-state index < -0.39 is 0 Å². The fourth-order valence-electron chi connectivity index (χ4n) is 5.36. The Hall–Kier alpha value is -5.21. The predicted octanol–water partition coefficient (Wildman–Crippen LogP) is 6.17. The minimum Gasteiger partial charge on any atom is -0.494 e. The van der Waals surface area contributed by atoms with Crippen molar-refractivity contribution in [1.82, 2.24) is 9.88 Å². The quantitative estimate of drug-likeness (QED) is 0.160. The highest BCUT2D eigenvalue weighted by molar-refractivity contribution is 6.13. The van der Waals surface area contributed by atoms with Crippen molar-refractivity contribution in [3.8, 4) is 5.88 Å². The lowest BCUT2D eigenvalue weighted by molar-refractivity contribution is 0.102. The van der Waals surface area contributed by atoms with E-state index in [1.807, 2.05) is 37.3 Å². The van der Waals surface area contributed by atoms with Gasteiger partial charge < -0.3 is 25.2 Å². The standard InChI is InChI=1S/C35H33N5O3/c1-23-6-3-4-9-29(23)34(42)37-27-8-5-7-24(20-27)33(41)25-10-15-30-31(35(43)38-32(30)21-25)22-36-26-11-13-28(14-12-26)40-18-16-39(2)17-19-40/h3-15,20-22,38,43H,16-19H2,1-2H3,(H,37,42). The number of nitrogens with zero attached hydrogens (tertiary/aromatic N) is 3. The molecule has 0 unspecified atom stereocenters. The number of carbonyl (C=O) groups is 2. The van der Waals surface area contributed by atoms with Crippen LogP contribution in [0.2, 0.25) is 0 Å². The fraction of sp³-hybridized carbons (Fsp3) is 0.171. The van der Waals surface area contributed by atoms with Crippen molar-refractivity contribution in [2.24, 2.45) is 4.99 Å². The Bertz CT molecular complexity index is 1830. The van der Waals surface area contributed by atoms with Crippen LogP contribution in [-0.2, 0) is 0 Å². The number of likely N-dealkylation sites (N-methyl/N-ethyl adjacent to an activating group) is 1. The molecule has 0 radical (unpaired) electrons. The van der Waals surface area contributed by atoms with Crippen LogP contribution in [0.25, 0.3) is 10.9 Å². The monoisotopic (exact) mass is 571 g/mol. The molecule has 5 aromatic rings. The molecule has 216 valence electrons. The summed E-state index contributed by atoms with van der Waals surface area (Å²) in [6.07, 6.45) is 1.64. The molecule has 1 aliphatic rings. The van der Waals surface area contributed by atoms with E-state index in [0.717, 1.165) is 42.8 Å². The zero-order valence-corrected chi connectivity index (χ0v) is 24.2. The number of fused-ring (bicyclic) bond motifs is 1. The highest BCUT2D eigenvalue weighted by Crippen LogP contribution is 2.29. The normalized spacial score (nSPS) is 14.0. The van der Waals surface area contributed by atoms with Crippen LogP contribution in [0.5, 0.6) is 5.88 Å². The Morgan fingerprint density at radius 2 is 1.63 bits per heavy atom. The number of aromatic hydroxyl groups is 1. The van der Waals surface area contributed by atoms with Crippen LogP contribution >= 0.6 is 0 Å². The number of ketones is 1. The Morgan fingerprint density at radius 3 is 2.40 bits per heavy atom. The van der Waals surface area contributed by atoms with E-state index in [-0.39, 0.29) is 17.6 Å². The number of amides is 1. The lowest BCUT2D eigenvalue weighted by atomic mass is 10.0. The molecule has 8 heteroatoms. The third kappa shape index (κ3) is 6.05. The first kappa shape index (κ1) is 27.9. The van der Waals surface area contributed by atoms with E-state index in [1.54, 1.807) is 54.7 Å². The topological polar surface area (TPSA) is 101 Å². The number of carbonyl (C=O) groups excluding carboxylic acids is 2. The number of H-pyrrole nitrogens is 1. The second-order valence-electron chi connectivity index (χ2n) is 10.9. The van der Waals surface area contributed by atoms with E-state index in [1.165, 1.54) is 5.69 Å². The number of benzene rings is 4. The molecule has 0 saturated carbocycles. The third-order valence-corrected chi connectivity index (χ3v) is 7.91. The first-order chi connectivity index (χ1) is 20.9. The number of aromatic nitrogens is 1. The van der Waals surface area contributed by atoms with Gasteiger partial charge in [0, 0.05) is 71.4 Å². The van der Waals surface area contributed by atoms with Crippen LogP contribution in [0.1, 0.15) is 37.4 Å². The lowest BCUT2D eigenvalue weighted by Gasteiger charge is -2.34. The summed E-state index contributed by atoms with van der Waals surface area (Å²) in [6, 6.07) is 27.6. The van der Waals surface area contributed by atoms with Gasteiger partial charge in [-0.25, -0.2) is 0 Å². The van der Waals surface area contributed by atoms with Crippen molar-refractivity contribution in [3.05, 3.63) is 119 Å². The van der Waals surface area contributed by atoms with Gasteiger partial charge in [-0.2, -0.15) is 0 Å². The number of hydrogen-bond donors (Lipinski definition) is 3. The van der Waals surface area contributed by atoms with Crippen molar-refractivity contribution in [1.29, 1.82) is 0 Å². The Labute approximate surface area is 250 Å². The van der Waals surface area contributed by atoms with E-state index in [0.29, 0.717) is 33.5 Å². The van der Waals surface area contributed by atoms with Gasteiger partial charge in [0.25, 0.3) is 5.91 Å². The first-order valence-electron chi connectivity index (χ1n) is 14.3. The van der Waals surface area contributed by atoms with Crippen LogP contribution in [-0.4, -0.2) is 66.1 Å². The molecule has 4 aromatic carbocycles. The molecule has 1 aromatic heterocycles. The first-order valence-corrected chi connectivity index (χ1v) is 14.3. The molecule has 6 rings (SSSR count). The second kappa shape index (κ2) is 12.0. The second-order valence-corrected chi connectivity index (χ2v) is 10.9. The molecule has 2 heterocycles. The van der Waals surface area contributed by atoms with Gasteiger partial charge in [-0.3, -0.25) is 14.6 Å². The molecule has 3 N–H and O–H groups in total. The van der Waals surface area contributed by atoms with Crippen LogP contribution in [0.15, 0.2) is 96.0 Å². The van der Waals surface area contributed by atoms with Crippen molar-refractivity contribution in [3.63, 3.8) is 0 Å². The summed E-state index contributed by atoms with van der Waals surface area (Å²) in [7, 11) is 2.14. The van der Waals surface area contributed by atoms with Crippen LogP contribution in [0.3, 0.4) is 0 Å². The summed E-state index contributed by atoms with van der Waals surface area (Å²) in [4.78, 5) is 38.4. The smallest absolute Gasteiger partial charge is 0.255 e. The molecule has 43 heavy (non-hydrogen) atoms. The average Bonchev–Trinajstić information content (AvgIpc) is 3.34. The minimum absolute atomic E-state index is 0.0154. The van der Waals surface area contributed by atoms with E-state index in [9.17, 15) is 14.7 Å². The maximum atomic E-state index is 13.4. The summed E-state index contributed by atoms with van der Waals surface area (Å²) >= 11 is 0. The molecule has 1 amide bonds. The number of rotatable bonds is 7. The summed E-state index contributed by atoms with van der Waals surface area (Å²) in [5, 5.41) is 14.3. The number of aryl methyl sites for hydroxylation is 1. The van der Waals surface area contributed by atoms with Gasteiger partial charge in [0.2, 0.25) is 0 Å². The maximum Gasteiger partial charge on any atom is 0.255 e. The van der Waals surface area contributed by atoms with E-state index >= 15 is 0 Å². The highest BCUT2D eigenvalue weighted by Gasteiger charge is 2.16. The van der Waals surface area contributed by atoms with Crippen LogP contribution < -0.4 is 10.2 Å². The number of hydrogen-bond acceptors (Lipinski definition) is 6. The summed E-state index contributed by atoms with van der Waals surface area (Å²) in [5.74, 6) is -0.442. The SMILES string of the molecule is Cc1ccccc1C(=O)Nc1cccc(C(=O)c2ccc3c(C=Nc4ccc(N5CCN(C)CC5)cc4)c(O)[nH]c3c2)c1. The van der Waals surface area contributed by atoms with E-state index in [4.69, 9.17) is 0 Å². The number of aromatic amines is 1. The van der Waals surface area contributed by atoms with Gasteiger partial charge >= 0.3 is 0 Å². The van der Waals surface area contributed by atoms with Gasteiger partial charge in [-0.1, -0.05) is 42.5 Å². The van der Waals surface area contributed by atoms with Gasteiger partial charge in [0.15, 0.2) is 11.7 Å². The molecule has 1 saturated heterocycles. The van der Waals surface area contributed by atoms with E-state index in [2.05, 4.69) is 44.3 Å². The molecule has 0 atom stereocenters. The summed E-state index contributed by atoms with van der Waals surface area (Å²) < 4.78 is 0. The van der Waals surface area contributed by atoms with Crippen LogP contribution in [0, 0.1) is 6.92 Å². The summed E-state index contributed by atoms with van der Waals surface area (Å²) in [6.45, 7) is 5.98. The van der Waals surface area contributed by atoms with Gasteiger partial charge in [-0.05, 0) is 68.1 Å². The van der Waals surface area contributed by atoms with Crippen molar-refractivity contribution in [2.45, 2.75) is 6.92 Å². The zero-order chi connectivity index (χ0) is 29.9. The van der Waals surface area contributed by atoms with Gasteiger partial charge in [0.05, 0.1) is 11.3 Å². The number of anilines is 2. The number of nitrogens with one attached hydrogen (secondary N) is 2. The van der Waals surface area contributed by atoms with Crippen molar-refractivity contribution < 1.29 is 14.7 Å². The van der Waals surface area contributed by atoms with Gasteiger partial charge in [-0.15, -0.1) is 0 Å². The molecule has 1 aliphatic heterocycles. The molecule has 0 bridgehead atoms. The Morgan fingerprint density at radius 1 is 0.884 bits per heavy atom. The number of piperazine rings is 1. The van der Waals surface area contributed by atoms with Gasteiger partial charge in [0.1, 0.15) is 0 Å². The Kier molecular flexibility index (Phi) is 7.77. The minimum atomic E-state index is -0.230. The fourth-order valence-corrected chi connectivity index (χ4v) is 5.36. The molecular formula is C35H33N5O3. The molecular weight excluding hydrogens is 538 g/mol. The zero-order valence-electron chi connectivity index (χ0n) is 24.2.